The third-order valence-electron chi connectivity index (χ3n) is 7.68. The van der Waals surface area contributed by atoms with Gasteiger partial charge in [0.2, 0.25) is 5.95 Å². The van der Waals surface area contributed by atoms with Crippen LogP contribution < -0.4 is 20.3 Å². The number of benzene rings is 1. The first-order valence-electron chi connectivity index (χ1n) is 13.7. The van der Waals surface area contributed by atoms with E-state index in [0.717, 1.165) is 24.9 Å². The van der Waals surface area contributed by atoms with E-state index in [1.165, 1.54) is 37.3 Å². The van der Waals surface area contributed by atoms with Gasteiger partial charge in [-0.15, -0.1) is 0 Å². The Bertz CT molecular complexity index is 1440. The number of carbonyl (C=O) groups excluding carboxylic acids is 2. The fourth-order valence-corrected chi connectivity index (χ4v) is 6.13. The highest BCUT2D eigenvalue weighted by molar-refractivity contribution is 7.16. The molecular formula is C29H33N7O4S. The van der Waals surface area contributed by atoms with Gasteiger partial charge in [-0.3, -0.25) is 9.59 Å². The standard InChI is InChI=1S/C29H33N7O4S/c1-17-6-8-18(9-7-17)22-5-4-14-36(22)28-33-23(26(37)32-20-12-10-19(11-13-20)27(38)40-3)24(39-2)25(34-28)35-29-31-16-21(15-30)41-29/h6-9,16,19-20,22H,4-5,10-14H2,1-3H3,(H,32,37)(H,31,33,34,35)/t19-,20-,22-/m0/s1. The number of methoxy groups -OCH3 is 2. The van der Waals surface area contributed by atoms with Crippen molar-refractivity contribution in [2.45, 2.75) is 57.5 Å². The molecule has 41 heavy (non-hydrogen) atoms. The highest BCUT2D eigenvalue weighted by atomic mass is 32.1. The van der Waals surface area contributed by atoms with Crippen LogP contribution in [0.2, 0.25) is 0 Å². The predicted octanol–water partition coefficient (Wildman–Crippen LogP) is 4.67. The van der Waals surface area contributed by atoms with Crippen LogP contribution in [-0.4, -0.2) is 53.6 Å². The molecule has 2 fully saturated rings. The van der Waals surface area contributed by atoms with E-state index in [-0.39, 0.29) is 41.3 Å². The molecule has 0 bridgehead atoms. The number of nitrogens with one attached hydrogen (secondary N) is 2. The first kappa shape index (κ1) is 28.3. The molecule has 0 unspecified atom stereocenters. The van der Waals surface area contributed by atoms with Gasteiger partial charge in [0.05, 0.1) is 32.4 Å². The van der Waals surface area contributed by atoms with Crippen LogP contribution in [0.25, 0.3) is 0 Å². The fraction of sp³-hybridized carbons (Fsp3) is 0.448. The van der Waals surface area contributed by atoms with Crippen molar-refractivity contribution < 1.29 is 19.1 Å². The van der Waals surface area contributed by atoms with Crippen LogP contribution in [0.4, 0.5) is 16.9 Å². The molecule has 1 aliphatic heterocycles. The van der Waals surface area contributed by atoms with E-state index >= 15 is 0 Å². The minimum absolute atomic E-state index is 0.0615. The summed E-state index contributed by atoms with van der Waals surface area (Å²) >= 11 is 1.18. The molecule has 214 valence electrons. The van der Waals surface area contributed by atoms with E-state index in [1.54, 1.807) is 0 Å². The monoisotopic (exact) mass is 575 g/mol. The lowest BCUT2D eigenvalue weighted by atomic mass is 9.86. The van der Waals surface area contributed by atoms with E-state index in [1.807, 2.05) is 0 Å². The van der Waals surface area contributed by atoms with Gasteiger partial charge in [-0.1, -0.05) is 41.2 Å². The Balaban J connectivity index is 1.47. The lowest BCUT2D eigenvalue weighted by Crippen LogP contribution is -2.39. The molecule has 1 saturated carbocycles. The first-order chi connectivity index (χ1) is 19.9. The lowest BCUT2D eigenvalue weighted by Gasteiger charge is -2.28. The molecule has 2 N–H and O–H groups in total. The van der Waals surface area contributed by atoms with Gasteiger partial charge in [0.1, 0.15) is 10.9 Å². The number of amides is 1. The molecule has 1 aromatic carbocycles. The zero-order chi connectivity index (χ0) is 28.9. The summed E-state index contributed by atoms with van der Waals surface area (Å²) in [5.41, 5.74) is 2.46. The first-order valence-corrected chi connectivity index (χ1v) is 14.5. The van der Waals surface area contributed by atoms with Crippen LogP contribution in [0.1, 0.15) is 71.1 Å². The second-order valence-electron chi connectivity index (χ2n) is 10.3. The molecule has 2 aromatic heterocycles. The molecule has 12 heteroatoms. The number of ether oxygens (including phenoxy) is 2. The average molecular weight is 576 g/mol. The SMILES string of the molecule is COc1c(Nc2ncc(C#N)s2)nc(N2CCC[C@H]2c2ccc(C)cc2)nc1C(=O)N[C@H]1CC[C@H](C(=O)OC)CC1. The quantitative estimate of drug-likeness (QED) is 0.364. The number of esters is 1. The predicted molar refractivity (Wildman–Crippen MR) is 154 cm³/mol. The van der Waals surface area contributed by atoms with Gasteiger partial charge in [-0.05, 0) is 51.0 Å². The van der Waals surface area contributed by atoms with Gasteiger partial charge in [0, 0.05) is 12.6 Å². The van der Waals surface area contributed by atoms with Crippen LogP contribution in [0.15, 0.2) is 30.5 Å². The van der Waals surface area contributed by atoms with E-state index in [4.69, 9.17) is 19.4 Å². The van der Waals surface area contributed by atoms with Gasteiger partial charge in [0.25, 0.3) is 5.91 Å². The molecule has 1 amide bonds. The van der Waals surface area contributed by atoms with E-state index < -0.39 is 0 Å². The number of hydrogen-bond donors (Lipinski definition) is 2. The number of hydrogen-bond acceptors (Lipinski definition) is 11. The molecule has 5 rings (SSSR count). The van der Waals surface area contributed by atoms with Gasteiger partial charge >= 0.3 is 5.97 Å². The highest BCUT2D eigenvalue weighted by Gasteiger charge is 2.33. The number of rotatable bonds is 8. The van der Waals surface area contributed by atoms with E-state index in [2.05, 4.69) is 57.8 Å². The number of nitrogens with zero attached hydrogens (tertiary/aromatic N) is 5. The summed E-state index contributed by atoms with van der Waals surface area (Å²) in [7, 11) is 2.87. The zero-order valence-electron chi connectivity index (χ0n) is 23.3. The molecule has 1 aliphatic carbocycles. The van der Waals surface area contributed by atoms with Crippen LogP contribution in [-0.2, 0) is 9.53 Å². The summed E-state index contributed by atoms with van der Waals surface area (Å²) in [6, 6.07) is 10.5. The van der Waals surface area contributed by atoms with Crippen molar-refractivity contribution in [1.82, 2.24) is 20.3 Å². The van der Waals surface area contributed by atoms with Crippen LogP contribution >= 0.6 is 11.3 Å². The summed E-state index contributed by atoms with van der Waals surface area (Å²) in [6.45, 7) is 2.79. The third-order valence-corrected chi connectivity index (χ3v) is 8.50. The summed E-state index contributed by atoms with van der Waals surface area (Å²) in [5.74, 6) is 0.170. The topological polar surface area (TPSA) is 142 Å². The molecule has 0 spiro atoms. The van der Waals surface area contributed by atoms with Gasteiger partial charge in [0.15, 0.2) is 22.4 Å². The Morgan fingerprint density at radius 1 is 1.10 bits per heavy atom. The number of aromatic nitrogens is 3. The second kappa shape index (κ2) is 12.5. The largest absolute Gasteiger partial charge is 0.491 e. The van der Waals surface area contributed by atoms with E-state index in [9.17, 15) is 14.9 Å². The number of anilines is 3. The maximum Gasteiger partial charge on any atom is 0.308 e. The van der Waals surface area contributed by atoms with Crippen LogP contribution in [0, 0.1) is 24.2 Å². The molecule has 3 aromatic rings. The maximum atomic E-state index is 13.7. The summed E-state index contributed by atoms with van der Waals surface area (Å²) in [6.07, 6.45) is 5.99. The number of carbonyl (C=O) groups is 2. The molecular weight excluding hydrogens is 542 g/mol. The van der Waals surface area contributed by atoms with Crippen molar-refractivity contribution in [2.24, 2.45) is 5.92 Å². The Morgan fingerprint density at radius 2 is 1.85 bits per heavy atom. The number of thiazole rings is 1. The maximum absolute atomic E-state index is 13.7. The number of aryl methyl sites for hydroxylation is 1. The second-order valence-corrected chi connectivity index (χ2v) is 11.4. The Labute approximate surface area is 242 Å². The Hall–Kier alpha value is -4.24. The van der Waals surface area contributed by atoms with Crippen molar-refractivity contribution in [3.63, 3.8) is 0 Å². The minimum atomic E-state index is -0.377. The summed E-state index contributed by atoms with van der Waals surface area (Å²) in [5, 5.41) is 15.9. The van der Waals surface area contributed by atoms with Gasteiger partial charge < -0.3 is 25.0 Å². The van der Waals surface area contributed by atoms with Crippen LogP contribution in [0.5, 0.6) is 5.75 Å². The molecule has 11 nitrogen and oxygen atoms in total. The average Bonchev–Trinajstić information content (AvgIpc) is 3.67. The molecule has 1 atom stereocenters. The van der Waals surface area contributed by atoms with Crippen molar-refractivity contribution in [3.8, 4) is 11.8 Å². The van der Waals surface area contributed by atoms with Crippen molar-refractivity contribution in [1.29, 1.82) is 5.26 Å². The molecule has 1 saturated heterocycles. The Morgan fingerprint density at radius 3 is 2.51 bits per heavy atom. The smallest absolute Gasteiger partial charge is 0.308 e. The highest BCUT2D eigenvalue weighted by Crippen LogP contribution is 2.38. The van der Waals surface area contributed by atoms with Crippen molar-refractivity contribution in [3.05, 3.63) is 52.2 Å². The number of nitriles is 1. The van der Waals surface area contributed by atoms with Gasteiger partial charge in [-0.25, -0.2) is 9.97 Å². The normalized spacial score (nSPS) is 20.2. The summed E-state index contributed by atoms with van der Waals surface area (Å²) < 4.78 is 10.6. The zero-order valence-corrected chi connectivity index (χ0v) is 24.2. The third kappa shape index (κ3) is 6.25. The van der Waals surface area contributed by atoms with E-state index in [0.29, 0.717) is 47.5 Å². The van der Waals surface area contributed by atoms with Gasteiger partial charge in [-0.2, -0.15) is 10.2 Å². The van der Waals surface area contributed by atoms with Crippen molar-refractivity contribution >= 4 is 40.1 Å². The molecule has 3 heterocycles. The minimum Gasteiger partial charge on any atom is -0.491 e. The molecule has 2 aliphatic rings. The van der Waals surface area contributed by atoms with Crippen molar-refractivity contribution in [2.75, 3.05) is 31.0 Å². The molecule has 0 radical (unpaired) electrons. The van der Waals surface area contributed by atoms with Crippen LogP contribution in [0.3, 0.4) is 0 Å². The Kier molecular flexibility index (Phi) is 8.64. The lowest BCUT2D eigenvalue weighted by molar-refractivity contribution is -0.146. The fourth-order valence-electron chi connectivity index (χ4n) is 5.52. The summed E-state index contributed by atoms with van der Waals surface area (Å²) in [4.78, 5) is 42.0.